The van der Waals surface area contributed by atoms with Crippen molar-refractivity contribution >= 4 is 43.4 Å². The molecule has 28 heavy (non-hydrogen) atoms. The van der Waals surface area contributed by atoms with Crippen LogP contribution in [0.2, 0.25) is 0 Å². The van der Waals surface area contributed by atoms with Crippen LogP contribution in [0, 0.1) is 0 Å². The number of rotatable bonds is 5. The summed E-state index contributed by atoms with van der Waals surface area (Å²) in [6.07, 6.45) is 0. The predicted octanol–water partition coefficient (Wildman–Crippen LogP) is 4.56. The monoisotopic (exact) mass is 395 g/mol. The molecule has 4 aromatic rings. The summed E-state index contributed by atoms with van der Waals surface area (Å²) in [6, 6.07) is 19.1. The van der Waals surface area contributed by atoms with Crippen molar-refractivity contribution in [1.29, 1.82) is 0 Å². The van der Waals surface area contributed by atoms with E-state index < -0.39 is 16.0 Å². The van der Waals surface area contributed by atoms with E-state index in [4.69, 9.17) is 9.15 Å². The lowest BCUT2D eigenvalue weighted by Gasteiger charge is -2.09. The van der Waals surface area contributed by atoms with Crippen LogP contribution in [-0.4, -0.2) is 21.0 Å². The predicted molar refractivity (Wildman–Crippen MR) is 107 cm³/mol. The summed E-state index contributed by atoms with van der Waals surface area (Å²) >= 11 is 0. The minimum absolute atomic E-state index is 0.0715. The number of benzene rings is 3. The van der Waals surface area contributed by atoms with E-state index in [2.05, 4.69) is 4.72 Å². The van der Waals surface area contributed by atoms with Crippen molar-refractivity contribution in [1.82, 2.24) is 0 Å². The number of esters is 1. The zero-order valence-electron chi connectivity index (χ0n) is 15.0. The number of ether oxygens (including phenoxy) is 1. The van der Waals surface area contributed by atoms with Crippen LogP contribution in [-0.2, 0) is 14.8 Å². The maximum absolute atomic E-state index is 13.0. The number of carbonyl (C=O) groups is 1. The van der Waals surface area contributed by atoms with E-state index in [9.17, 15) is 13.2 Å². The van der Waals surface area contributed by atoms with E-state index in [0.29, 0.717) is 11.0 Å². The lowest BCUT2D eigenvalue weighted by atomic mass is 10.1. The zero-order chi connectivity index (χ0) is 19.7. The van der Waals surface area contributed by atoms with Gasteiger partial charge < -0.3 is 9.15 Å². The third-order valence-corrected chi connectivity index (χ3v) is 5.67. The summed E-state index contributed by atoms with van der Waals surface area (Å²) in [6.45, 7) is 1.81. The van der Waals surface area contributed by atoms with E-state index in [0.717, 1.165) is 10.8 Å². The number of furan rings is 1. The number of hydrogen-bond acceptors (Lipinski definition) is 5. The summed E-state index contributed by atoms with van der Waals surface area (Å²) in [4.78, 5) is 12.4. The molecule has 0 aliphatic rings. The molecule has 0 amide bonds. The molecule has 7 heteroatoms. The minimum Gasteiger partial charge on any atom is -0.460 e. The Balaban J connectivity index is 1.81. The molecule has 0 saturated heterocycles. The standard InChI is InChI=1S/C21H17NO5S/c1-2-26-21(23)20-19(17-9-5-6-10-18(17)27-20)22-28(24,25)16-12-11-14-7-3-4-8-15(14)13-16/h3-13,22H,2H2,1H3. The highest BCUT2D eigenvalue weighted by molar-refractivity contribution is 7.92. The van der Waals surface area contributed by atoms with Gasteiger partial charge in [0, 0.05) is 5.39 Å². The number of nitrogens with one attached hydrogen (secondary N) is 1. The quantitative estimate of drug-likeness (QED) is 0.501. The van der Waals surface area contributed by atoms with Crippen LogP contribution in [0.5, 0.6) is 0 Å². The fourth-order valence-corrected chi connectivity index (χ4v) is 4.13. The van der Waals surface area contributed by atoms with Gasteiger partial charge in [-0.15, -0.1) is 0 Å². The van der Waals surface area contributed by atoms with Crippen LogP contribution in [0.4, 0.5) is 5.69 Å². The fraction of sp³-hybridized carbons (Fsp3) is 0.0952. The SMILES string of the molecule is CCOC(=O)c1oc2ccccc2c1NS(=O)(=O)c1ccc2ccccc2c1. The molecule has 4 rings (SSSR count). The van der Waals surface area contributed by atoms with Gasteiger partial charge in [-0.2, -0.15) is 0 Å². The number of sulfonamides is 1. The van der Waals surface area contributed by atoms with E-state index in [1.165, 1.54) is 6.07 Å². The van der Waals surface area contributed by atoms with Crippen molar-refractivity contribution in [3.8, 4) is 0 Å². The first-order valence-corrected chi connectivity index (χ1v) is 10.2. The van der Waals surface area contributed by atoms with Crippen LogP contribution in [0.15, 0.2) is 76.0 Å². The summed E-state index contributed by atoms with van der Waals surface area (Å²) in [7, 11) is -3.95. The van der Waals surface area contributed by atoms with Gasteiger partial charge in [0.15, 0.2) is 0 Å². The molecule has 6 nitrogen and oxygen atoms in total. The van der Waals surface area contributed by atoms with Crippen molar-refractivity contribution in [2.24, 2.45) is 0 Å². The Kier molecular flexibility index (Phi) is 4.52. The molecular formula is C21H17NO5S. The van der Waals surface area contributed by atoms with Crippen molar-refractivity contribution in [3.63, 3.8) is 0 Å². The van der Waals surface area contributed by atoms with Crippen molar-refractivity contribution in [2.45, 2.75) is 11.8 Å². The van der Waals surface area contributed by atoms with Crippen LogP contribution < -0.4 is 4.72 Å². The van der Waals surface area contributed by atoms with E-state index >= 15 is 0 Å². The second-order valence-electron chi connectivity index (χ2n) is 6.14. The molecule has 3 aromatic carbocycles. The first-order valence-electron chi connectivity index (χ1n) is 8.70. The zero-order valence-corrected chi connectivity index (χ0v) is 15.8. The average Bonchev–Trinajstić information content (AvgIpc) is 3.06. The van der Waals surface area contributed by atoms with E-state index in [-0.39, 0.29) is 22.9 Å². The number of fused-ring (bicyclic) bond motifs is 2. The van der Waals surface area contributed by atoms with Gasteiger partial charge in [0.1, 0.15) is 11.3 Å². The third-order valence-electron chi connectivity index (χ3n) is 4.32. The van der Waals surface area contributed by atoms with E-state index in [1.807, 2.05) is 24.3 Å². The smallest absolute Gasteiger partial charge is 0.376 e. The molecule has 0 aliphatic carbocycles. The maximum atomic E-state index is 13.0. The van der Waals surface area contributed by atoms with Crippen LogP contribution in [0.3, 0.4) is 0 Å². The number of para-hydroxylation sites is 1. The summed E-state index contributed by atoms with van der Waals surface area (Å²) < 4.78 is 39.1. The van der Waals surface area contributed by atoms with Gasteiger partial charge in [-0.05, 0) is 42.0 Å². The largest absolute Gasteiger partial charge is 0.460 e. The number of anilines is 1. The fourth-order valence-electron chi connectivity index (χ4n) is 3.02. The van der Waals surface area contributed by atoms with Crippen LogP contribution in [0.25, 0.3) is 21.7 Å². The average molecular weight is 395 g/mol. The minimum atomic E-state index is -3.95. The number of hydrogen-bond donors (Lipinski definition) is 1. The molecule has 142 valence electrons. The topological polar surface area (TPSA) is 85.6 Å². The molecule has 1 heterocycles. The van der Waals surface area contributed by atoms with Gasteiger partial charge in [0.05, 0.1) is 11.5 Å². The molecule has 1 aromatic heterocycles. The highest BCUT2D eigenvalue weighted by Crippen LogP contribution is 2.33. The Bertz CT molecular complexity index is 1290. The van der Waals surface area contributed by atoms with Gasteiger partial charge in [-0.25, -0.2) is 13.2 Å². The van der Waals surface area contributed by atoms with Crippen LogP contribution in [0.1, 0.15) is 17.5 Å². The second kappa shape index (κ2) is 7.01. The summed E-state index contributed by atoms with van der Waals surface area (Å²) in [5.74, 6) is -0.901. The molecular weight excluding hydrogens is 378 g/mol. The molecule has 0 bridgehead atoms. The Hall–Kier alpha value is -3.32. The summed E-state index contributed by atoms with van der Waals surface area (Å²) in [5.41, 5.74) is 0.462. The molecule has 0 radical (unpaired) electrons. The van der Waals surface area contributed by atoms with Crippen molar-refractivity contribution < 1.29 is 22.4 Å². The highest BCUT2D eigenvalue weighted by Gasteiger charge is 2.26. The molecule has 1 N–H and O–H groups in total. The molecule has 0 spiro atoms. The molecule has 0 aliphatic heterocycles. The normalized spacial score (nSPS) is 11.6. The van der Waals surface area contributed by atoms with Gasteiger partial charge in [0.25, 0.3) is 10.0 Å². The van der Waals surface area contributed by atoms with Gasteiger partial charge >= 0.3 is 5.97 Å². The third kappa shape index (κ3) is 3.20. The molecule has 0 fully saturated rings. The molecule has 0 unspecified atom stereocenters. The first-order chi connectivity index (χ1) is 13.5. The van der Waals surface area contributed by atoms with E-state index in [1.54, 1.807) is 43.3 Å². The van der Waals surface area contributed by atoms with Gasteiger partial charge in [-0.3, -0.25) is 4.72 Å². The Morgan fingerprint density at radius 3 is 2.50 bits per heavy atom. The lowest BCUT2D eigenvalue weighted by Crippen LogP contribution is -2.15. The summed E-state index contributed by atoms with van der Waals surface area (Å²) in [5, 5.41) is 2.21. The lowest BCUT2D eigenvalue weighted by molar-refractivity contribution is 0.0494. The second-order valence-corrected chi connectivity index (χ2v) is 7.82. The Labute approximate surface area is 161 Å². The number of carbonyl (C=O) groups excluding carboxylic acids is 1. The molecule has 0 saturated carbocycles. The van der Waals surface area contributed by atoms with Gasteiger partial charge in [0.2, 0.25) is 5.76 Å². The maximum Gasteiger partial charge on any atom is 0.376 e. The van der Waals surface area contributed by atoms with Crippen LogP contribution >= 0.6 is 0 Å². The van der Waals surface area contributed by atoms with Crippen molar-refractivity contribution in [2.75, 3.05) is 11.3 Å². The molecule has 0 atom stereocenters. The first kappa shape index (κ1) is 18.1. The Morgan fingerprint density at radius 2 is 1.71 bits per heavy atom. The van der Waals surface area contributed by atoms with Crippen molar-refractivity contribution in [3.05, 3.63) is 72.5 Å². The Morgan fingerprint density at radius 1 is 1.00 bits per heavy atom. The van der Waals surface area contributed by atoms with Gasteiger partial charge in [-0.1, -0.05) is 42.5 Å². The highest BCUT2D eigenvalue weighted by atomic mass is 32.2.